The maximum atomic E-state index is 4.88. The summed E-state index contributed by atoms with van der Waals surface area (Å²) in [6, 6.07) is 22.1. The Hall–Kier alpha value is -2.13. The van der Waals surface area contributed by atoms with Gasteiger partial charge in [-0.1, -0.05) is 95.3 Å². The lowest BCUT2D eigenvalue weighted by Gasteiger charge is -2.43. The first kappa shape index (κ1) is 21.6. The molecule has 0 aliphatic heterocycles. The fraction of sp³-hybridized carbons (Fsp3) is 0.423. The molecule has 0 aliphatic carbocycles. The summed E-state index contributed by atoms with van der Waals surface area (Å²) in [5.74, 6) is 0.305. The Kier molecular flexibility index (Phi) is 6.48. The van der Waals surface area contributed by atoms with Crippen LogP contribution in [0.25, 0.3) is 0 Å². The predicted molar refractivity (Wildman–Crippen MR) is 127 cm³/mol. The van der Waals surface area contributed by atoms with E-state index in [1.54, 1.807) is 11.3 Å². The summed E-state index contributed by atoms with van der Waals surface area (Å²) in [4.78, 5) is 4.88. The van der Waals surface area contributed by atoms with E-state index in [9.17, 15) is 0 Å². The standard InChI is InChI=1S/C26H34N2S/c1-7-26(6,19(2)27-24-28-22(18-29-24)25(3,4)5)23(20-14-10-8-11-15-20)21-16-12-9-13-17-21/h8-19,23H,7H2,1-6H3,(H,27,28). The number of anilines is 1. The molecule has 0 saturated carbocycles. The molecule has 0 fully saturated rings. The normalized spacial score (nSPS) is 15.1. The second-order valence-corrected chi connectivity index (χ2v) is 10.1. The van der Waals surface area contributed by atoms with E-state index in [-0.39, 0.29) is 16.9 Å². The van der Waals surface area contributed by atoms with Crippen LogP contribution in [0.2, 0.25) is 0 Å². The van der Waals surface area contributed by atoms with Gasteiger partial charge in [-0.2, -0.15) is 0 Å². The molecule has 2 nitrogen and oxygen atoms in total. The molecule has 1 aromatic heterocycles. The van der Waals surface area contributed by atoms with E-state index >= 15 is 0 Å². The number of nitrogens with one attached hydrogen (secondary N) is 1. The van der Waals surface area contributed by atoms with Gasteiger partial charge in [-0.25, -0.2) is 4.98 Å². The van der Waals surface area contributed by atoms with Gasteiger partial charge in [-0.3, -0.25) is 0 Å². The van der Waals surface area contributed by atoms with E-state index in [0.717, 1.165) is 17.2 Å². The zero-order valence-corrected chi connectivity index (χ0v) is 19.4. The van der Waals surface area contributed by atoms with Gasteiger partial charge in [0.05, 0.1) is 5.69 Å². The minimum atomic E-state index is 0.0241. The highest BCUT2D eigenvalue weighted by molar-refractivity contribution is 7.13. The zero-order valence-electron chi connectivity index (χ0n) is 18.6. The van der Waals surface area contributed by atoms with Crippen LogP contribution >= 0.6 is 11.3 Å². The third kappa shape index (κ3) is 4.72. The molecular weight excluding hydrogens is 372 g/mol. The summed E-state index contributed by atoms with van der Waals surface area (Å²) >= 11 is 1.71. The Morgan fingerprint density at radius 2 is 1.41 bits per heavy atom. The molecule has 0 bridgehead atoms. The molecule has 29 heavy (non-hydrogen) atoms. The molecule has 2 unspecified atom stereocenters. The van der Waals surface area contributed by atoms with Crippen molar-refractivity contribution in [1.29, 1.82) is 0 Å². The van der Waals surface area contributed by atoms with Crippen molar-refractivity contribution in [2.45, 2.75) is 65.3 Å². The van der Waals surface area contributed by atoms with Crippen LogP contribution < -0.4 is 5.32 Å². The van der Waals surface area contributed by atoms with E-state index in [2.05, 4.69) is 113 Å². The van der Waals surface area contributed by atoms with Gasteiger partial charge in [0.1, 0.15) is 0 Å². The number of nitrogens with zero attached hydrogens (tertiary/aromatic N) is 1. The quantitative estimate of drug-likeness (QED) is 0.439. The van der Waals surface area contributed by atoms with Crippen LogP contribution in [0, 0.1) is 5.41 Å². The zero-order chi connectivity index (χ0) is 21.1. The van der Waals surface area contributed by atoms with Gasteiger partial charge in [0.25, 0.3) is 0 Å². The van der Waals surface area contributed by atoms with Crippen molar-refractivity contribution >= 4 is 16.5 Å². The lowest BCUT2D eigenvalue weighted by molar-refractivity contribution is 0.233. The van der Waals surface area contributed by atoms with Gasteiger partial charge in [0.2, 0.25) is 0 Å². The topological polar surface area (TPSA) is 24.9 Å². The Morgan fingerprint density at radius 1 is 0.897 bits per heavy atom. The van der Waals surface area contributed by atoms with Gasteiger partial charge in [0.15, 0.2) is 5.13 Å². The SMILES string of the molecule is CCC(C)(C(C)Nc1nc(C(C)(C)C)cs1)C(c1ccccc1)c1ccccc1. The van der Waals surface area contributed by atoms with Crippen molar-refractivity contribution in [2.75, 3.05) is 5.32 Å². The van der Waals surface area contributed by atoms with Crippen LogP contribution in [-0.2, 0) is 5.41 Å². The van der Waals surface area contributed by atoms with Crippen LogP contribution in [0.5, 0.6) is 0 Å². The average molecular weight is 407 g/mol. The van der Waals surface area contributed by atoms with Gasteiger partial charge < -0.3 is 5.32 Å². The minimum Gasteiger partial charge on any atom is -0.358 e. The van der Waals surface area contributed by atoms with Crippen molar-refractivity contribution in [2.24, 2.45) is 5.41 Å². The Balaban J connectivity index is 1.96. The highest BCUT2D eigenvalue weighted by Crippen LogP contribution is 2.46. The minimum absolute atomic E-state index is 0.0241. The average Bonchev–Trinajstić information content (AvgIpc) is 3.18. The van der Waals surface area contributed by atoms with Crippen LogP contribution in [-0.4, -0.2) is 11.0 Å². The third-order valence-electron chi connectivity index (χ3n) is 6.29. The van der Waals surface area contributed by atoms with E-state index in [0.29, 0.717) is 5.92 Å². The van der Waals surface area contributed by atoms with Crippen molar-refractivity contribution in [3.63, 3.8) is 0 Å². The van der Waals surface area contributed by atoms with Crippen molar-refractivity contribution in [3.8, 4) is 0 Å². The number of hydrogen-bond donors (Lipinski definition) is 1. The summed E-state index contributed by atoms with van der Waals surface area (Å²) < 4.78 is 0. The lowest BCUT2D eigenvalue weighted by atomic mass is 9.64. The Morgan fingerprint density at radius 3 is 1.83 bits per heavy atom. The second kappa shape index (κ2) is 8.71. The number of hydrogen-bond acceptors (Lipinski definition) is 3. The van der Waals surface area contributed by atoms with Crippen molar-refractivity contribution in [3.05, 3.63) is 82.9 Å². The maximum absolute atomic E-state index is 4.88. The molecule has 1 heterocycles. The molecule has 0 radical (unpaired) electrons. The van der Waals surface area contributed by atoms with Gasteiger partial charge >= 0.3 is 0 Å². The largest absolute Gasteiger partial charge is 0.358 e. The maximum Gasteiger partial charge on any atom is 0.183 e. The summed E-state index contributed by atoms with van der Waals surface area (Å²) in [6.07, 6.45) is 1.06. The highest BCUT2D eigenvalue weighted by Gasteiger charge is 2.40. The molecule has 0 amide bonds. The first-order valence-corrected chi connectivity index (χ1v) is 11.5. The molecule has 0 spiro atoms. The number of thiazole rings is 1. The van der Waals surface area contributed by atoms with Crippen LogP contribution in [0.4, 0.5) is 5.13 Å². The summed E-state index contributed by atoms with van der Waals surface area (Å²) in [6.45, 7) is 13.7. The van der Waals surface area contributed by atoms with Gasteiger partial charge in [-0.15, -0.1) is 11.3 Å². The van der Waals surface area contributed by atoms with E-state index in [1.165, 1.54) is 11.1 Å². The molecular formula is C26H34N2S. The predicted octanol–water partition coefficient (Wildman–Crippen LogP) is 7.49. The van der Waals surface area contributed by atoms with E-state index in [4.69, 9.17) is 4.98 Å². The molecule has 2 atom stereocenters. The third-order valence-corrected chi connectivity index (χ3v) is 7.06. The first-order valence-electron chi connectivity index (χ1n) is 10.6. The summed E-state index contributed by atoms with van der Waals surface area (Å²) in [5, 5.41) is 6.95. The van der Waals surface area contributed by atoms with Crippen LogP contribution in [0.15, 0.2) is 66.0 Å². The van der Waals surface area contributed by atoms with Gasteiger partial charge in [-0.05, 0) is 29.9 Å². The monoisotopic (exact) mass is 406 g/mol. The molecule has 3 rings (SSSR count). The van der Waals surface area contributed by atoms with E-state index < -0.39 is 0 Å². The fourth-order valence-electron chi connectivity index (χ4n) is 4.04. The second-order valence-electron chi connectivity index (χ2n) is 9.27. The van der Waals surface area contributed by atoms with Crippen molar-refractivity contribution in [1.82, 2.24) is 4.98 Å². The van der Waals surface area contributed by atoms with E-state index in [1.807, 2.05) is 0 Å². The highest BCUT2D eigenvalue weighted by atomic mass is 32.1. The smallest absolute Gasteiger partial charge is 0.183 e. The van der Waals surface area contributed by atoms with Crippen LogP contribution in [0.1, 0.15) is 70.7 Å². The molecule has 2 aromatic carbocycles. The molecule has 0 saturated heterocycles. The Labute approximate surface area is 180 Å². The molecule has 0 aliphatic rings. The van der Waals surface area contributed by atoms with Crippen molar-refractivity contribution < 1.29 is 0 Å². The molecule has 3 heteroatoms. The Bertz CT molecular complexity index is 856. The molecule has 3 aromatic rings. The molecule has 1 N–H and O–H groups in total. The van der Waals surface area contributed by atoms with Gasteiger partial charge in [0, 0.05) is 22.8 Å². The fourth-order valence-corrected chi connectivity index (χ4v) is 5.07. The molecule has 154 valence electrons. The lowest BCUT2D eigenvalue weighted by Crippen LogP contribution is -2.41. The first-order chi connectivity index (χ1) is 13.8. The number of aromatic nitrogens is 1. The van der Waals surface area contributed by atoms with Crippen LogP contribution in [0.3, 0.4) is 0 Å². The summed E-state index contributed by atoms with van der Waals surface area (Å²) in [7, 11) is 0. The number of rotatable bonds is 7. The number of benzene rings is 2. The summed E-state index contributed by atoms with van der Waals surface area (Å²) in [5.41, 5.74) is 3.98.